The molecule has 2 N–H and O–H groups in total. The lowest BCUT2D eigenvalue weighted by atomic mass is 9.82. The van der Waals surface area contributed by atoms with Gasteiger partial charge in [0.25, 0.3) is 0 Å². The Morgan fingerprint density at radius 3 is 2.79 bits per heavy atom. The molecule has 1 fully saturated rings. The summed E-state index contributed by atoms with van der Waals surface area (Å²) in [7, 11) is 0. The van der Waals surface area contributed by atoms with E-state index < -0.39 is 0 Å². The maximum absolute atomic E-state index is 6.13. The first-order valence-electron chi connectivity index (χ1n) is 7.81. The molecule has 1 aliphatic carbocycles. The molecule has 1 saturated carbocycles. The van der Waals surface area contributed by atoms with Crippen molar-refractivity contribution in [3.8, 4) is 0 Å². The van der Waals surface area contributed by atoms with E-state index in [0.29, 0.717) is 0 Å². The van der Waals surface area contributed by atoms with E-state index in [-0.39, 0.29) is 0 Å². The summed E-state index contributed by atoms with van der Waals surface area (Å²) in [5, 5.41) is 0. The van der Waals surface area contributed by atoms with Crippen LogP contribution >= 0.6 is 0 Å². The number of hydrogen-bond donors (Lipinski definition) is 1. The minimum Gasteiger partial charge on any atom is -0.398 e. The Morgan fingerprint density at radius 2 is 2.00 bits per heavy atom. The Kier molecular flexibility index (Phi) is 3.79. The summed E-state index contributed by atoms with van der Waals surface area (Å²) >= 11 is 0. The number of benzene rings is 1. The van der Waals surface area contributed by atoms with Gasteiger partial charge in [-0.25, -0.2) is 0 Å². The van der Waals surface area contributed by atoms with Crippen LogP contribution in [-0.4, -0.2) is 18.0 Å². The van der Waals surface area contributed by atoms with E-state index in [1.54, 1.807) is 0 Å². The Bertz CT molecular complexity index is 433. The molecule has 0 unspecified atom stereocenters. The number of fused-ring (bicyclic) bond motifs is 1. The van der Waals surface area contributed by atoms with Gasteiger partial charge in [-0.2, -0.15) is 0 Å². The SMILES string of the molecule is CC1CCC(CN2CCc3cccc(N)c3C2)CC1. The molecule has 104 valence electrons. The molecular formula is C17H26N2. The fourth-order valence-electron chi connectivity index (χ4n) is 3.70. The second-order valence-electron chi connectivity index (χ2n) is 6.60. The molecule has 3 rings (SSSR count). The third kappa shape index (κ3) is 2.94. The third-order valence-corrected chi connectivity index (χ3v) is 5.04. The quantitative estimate of drug-likeness (QED) is 0.823. The molecule has 2 aliphatic rings. The average molecular weight is 258 g/mol. The van der Waals surface area contributed by atoms with Crippen molar-refractivity contribution in [1.82, 2.24) is 4.90 Å². The molecule has 2 nitrogen and oxygen atoms in total. The van der Waals surface area contributed by atoms with Crippen LogP contribution < -0.4 is 5.73 Å². The summed E-state index contributed by atoms with van der Waals surface area (Å²) in [4.78, 5) is 2.62. The largest absolute Gasteiger partial charge is 0.398 e. The molecule has 1 heterocycles. The highest BCUT2D eigenvalue weighted by Gasteiger charge is 2.23. The zero-order valence-corrected chi connectivity index (χ0v) is 12.1. The highest BCUT2D eigenvalue weighted by molar-refractivity contribution is 5.51. The van der Waals surface area contributed by atoms with Gasteiger partial charge in [-0.05, 0) is 48.3 Å². The van der Waals surface area contributed by atoms with Crippen LogP contribution in [0.4, 0.5) is 5.69 Å². The van der Waals surface area contributed by atoms with E-state index in [2.05, 4.69) is 24.0 Å². The summed E-state index contributed by atoms with van der Waals surface area (Å²) in [5.41, 5.74) is 9.97. The highest BCUT2D eigenvalue weighted by Crippen LogP contribution is 2.31. The number of hydrogen-bond acceptors (Lipinski definition) is 2. The van der Waals surface area contributed by atoms with E-state index in [9.17, 15) is 0 Å². The Hall–Kier alpha value is -1.02. The van der Waals surface area contributed by atoms with Gasteiger partial charge in [-0.1, -0.05) is 31.9 Å². The lowest BCUT2D eigenvalue weighted by Gasteiger charge is -2.34. The van der Waals surface area contributed by atoms with Gasteiger partial charge in [0.05, 0.1) is 0 Å². The van der Waals surface area contributed by atoms with Crippen molar-refractivity contribution in [2.24, 2.45) is 11.8 Å². The van der Waals surface area contributed by atoms with Crippen LogP contribution in [0.25, 0.3) is 0 Å². The molecule has 0 bridgehead atoms. The van der Waals surface area contributed by atoms with E-state index in [1.165, 1.54) is 56.3 Å². The first-order valence-corrected chi connectivity index (χ1v) is 7.81. The molecule has 2 heteroatoms. The molecule has 19 heavy (non-hydrogen) atoms. The fourth-order valence-corrected chi connectivity index (χ4v) is 3.70. The van der Waals surface area contributed by atoms with E-state index >= 15 is 0 Å². The summed E-state index contributed by atoms with van der Waals surface area (Å²) in [6.45, 7) is 5.95. The van der Waals surface area contributed by atoms with Crippen molar-refractivity contribution in [3.63, 3.8) is 0 Å². The van der Waals surface area contributed by atoms with Crippen molar-refractivity contribution >= 4 is 5.69 Å². The van der Waals surface area contributed by atoms with Crippen molar-refractivity contribution in [3.05, 3.63) is 29.3 Å². The van der Waals surface area contributed by atoms with Crippen molar-refractivity contribution in [2.75, 3.05) is 18.8 Å². The topological polar surface area (TPSA) is 29.3 Å². The molecule has 0 saturated heterocycles. The molecule has 0 aromatic heterocycles. The zero-order chi connectivity index (χ0) is 13.2. The number of anilines is 1. The fraction of sp³-hybridized carbons (Fsp3) is 0.647. The molecule has 0 spiro atoms. The summed E-state index contributed by atoms with van der Waals surface area (Å²) < 4.78 is 0. The van der Waals surface area contributed by atoms with Gasteiger partial charge >= 0.3 is 0 Å². The van der Waals surface area contributed by atoms with Gasteiger partial charge in [0, 0.05) is 25.3 Å². The van der Waals surface area contributed by atoms with Crippen molar-refractivity contribution in [1.29, 1.82) is 0 Å². The first-order chi connectivity index (χ1) is 9.22. The minimum absolute atomic E-state index is 0.919. The maximum Gasteiger partial charge on any atom is 0.0362 e. The van der Waals surface area contributed by atoms with Gasteiger partial charge in [0.15, 0.2) is 0 Å². The Balaban J connectivity index is 1.61. The molecular weight excluding hydrogens is 232 g/mol. The molecule has 1 aromatic rings. The van der Waals surface area contributed by atoms with Crippen LogP contribution in [0.3, 0.4) is 0 Å². The van der Waals surface area contributed by atoms with Crippen LogP contribution in [-0.2, 0) is 13.0 Å². The van der Waals surface area contributed by atoms with Crippen molar-refractivity contribution in [2.45, 2.75) is 45.6 Å². The van der Waals surface area contributed by atoms with Crippen LogP contribution in [0.15, 0.2) is 18.2 Å². The lowest BCUT2D eigenvalue weighted by Crippen LogP contribution is -2.36. The predicted molar refractivity (Wildman–Crippen MR) is 81.0 cm³/mol. The van der Waals surface area contributed by atoms with Gasteiger partial charge < -0.3 is 5.73 Å². The number of nitrogens with zero attached hydrogens (tertiary/aromatic N) is 1. The maximum atomic E-state index is 6.13. The second-order valence-corrected chi connectivity index (χ2v) is 6.60. The molecule has 1 aromatic carbocycles. The van der Waals surface area contributed by atoms with Gasteiger partial charge in [-0.3, -0.25) is 4.90 Å². The molecule has 1 aliphatic heterocycles. The van der Waals surface area contributed by atoms with E-state index in [0.717, 1.165) is 24.1 Å². The van der Waals surface area contributed by atoms with Crippen LogP contribution in [0.2, 0.25) is 0 Å². The Morgan fingerprint density at radius 1 is 1.21 bits per heavy atom. The van der Waals surface area contributed by atoms with Gasteiger partial charge in [0.2, 0.25) is 0 Å². The van der Waals surface area contributed by atoms with Crippen LogP contribution in [0.5, 0.6) is 0 Å². The van der Waals surface area contributed by atoms with E-state index in [4.69, 9.17) is 5.73 Å². The Labute approximate surface area is 117 Å². The zero-order valence-electron chi connectivity index (χ0n) is 12.1. The summed E-state index contributed by atoms with van der Waals surface area (Å²) in [5.74, 6) is 1.87. The van der Waals surface area contributed by atoms with E-state index in [1.807, 2.05) is 6.07 Å². The molecule has 0 radical (unpaired) electrons. The number of nitrogens with two attached hydrogens (primary N) is 1. The van der Waals surface area contributed by atoms with Crippen LogP contribution in [0, 0.1) is 11.8 Å². The third-order valence-electron chi connectivity index (χ3n) is 5.04. The second kappa shape index (κ2) is 5.54. The summed E-state index contributed by atoms with van der Waals surface area (Å²) in [6, 6.07) is 6.38. The lowest BCUT2D eigenvalue weighted by molar-refractivity contribution is 0.173. The summed E-state index contributed by atoms with van der Waals surface area (Å²) in [6.07, 6.45) is 6.88. The number of rotatable bonds is 2. The van der Waals surface area contributed by atoms with Gasteiger partial charge in [-0.15, -0.1) is 0 Å². The average Bonchev–Trinajstić information content (AvgIpc) is 2.42. The monoisotopic (exact) mass is 258 g/mol. The highest BCUT2D eigenvalue weighted by atomic mass is 15.1. The normalized spacial score (nSPS) is 28.1. The van der Waals surface area contributed by atoms with Crippen LogP contribution in [0.1, 0.15) is 43.7 Å². The van der Waals surface area contributed by atoms with Crippen molar-refractivity contribution < 1.29 is 0 Å². The first kappa shape index (κ1) is 13.0. The number of nitrogen functional groups attached to an aromatic ring is 1. The standard InChI is InChI=1S/C17H26N2/c1-13-5-7-14(8-6-13)11-19-10-9-15-3-2-4-17(18)16(15)12-19/h2-4,13-14H,5-12,18H2,1H3. The minimum atomic E-state index is 0.919. The molecule has 0 amide bonds. The predicted octanol–water partition coefficient (Wildman–Crippen LogP) is 3.45. The molecule has 0 atom stereocenters. The van der Waals surface area contributed by atoms with Gasteiger partial charge in [0.1, 0.15) is 0 Å². The smallest absolute Gasteiger partial charge is 0.0362 e.